The molecule has 0 saturated carbocycles. The summed E-state index contributed by atoms with van der Waals surface area (Å²) < 4.78 is 16.2. The Balaban J connectivity index is 0.00000625. The van der Waals surface area contributed by atoms with Crippen molar-refractivity contribution in [2.75, 3.05) is 79.9 Å². The fourth-order valence-electron chi connectivity index (χ4n) is 2.59. The molecule has 0 atom stereocenters. The Morgan fingerprint density at radius 3 is 2.65 bits per heavy atom. The predicted octanol–water partition coefficient (Wildman–Crippen LogP) is 1.57. The Bertz CT molecular complexity index is 342. The third-order valence-corrected chi connectivity index (χ3v) is 4.22. The lowest BCUT2D eigenvalue weighted by molar-refractivity contribution is 0.0205. The zero-order valence-electron chi connectivity index (χ0n) is 16.8. The second-order valence-electron chi connectivity index (χ2n) is 6.47. The highest BCUT2D eigenvalue weighted by Crippen LogP contribution is 2.14. The summed E-state index contributed by atoms with van der Waals surface area (Å²) in [5, 5.41) is 6.66. The van der Waals surface area contributed by atoms with Gasteiger partial charge in [0.25, 0.3) is 0 Å². The number of hydrogen-bond acceptors (Lipinski definition) is 5. The third-order valence-electron chi connectivity index (χ3n) is 4.22. The maximum Gasteiger partial charge on any atom is 0.191 e. The van der Waals surface area contributed by atoms with Crippen LogP contribution in [0.1, 0.15) is 26.2 Å². The van der Waals surface area contributed by atoms with Gasteiger partial charge in [0.15, 0.2) is 5.96 Å². The average molecular weight is 486 g/mol. The van der Waals surface area contributed by atoms with E-state index in [1.165, 1.54) is 0 Å². The van der Waals surface area contributed by atoms with Crippen LogP contribution in [0.2, 0.25) is 0 Å². The van der Waals surface area contributed by atoms with Gasteiger partial charge in [-0.25, -0.2) is 0 Å². The maximum atomic E-state index is 5.78. The van der Waals surface area contributed by atoms with Crippen LogP contribution >= 0.6 is 24.0 Å². The van der Waals surface area contributed by atoms with E-state index in [2.05, 4.69) is 34.5 Å². The number of ether oxygens (including phenoxy) is 3. The van der Waals surface area contributed by atoms with Crippen LogP contribution in [0.15, 0.2) is 4.99 Å². The number of rotatable bonds is 13. The monoisotopic (exact) mass is 486 g/mol. The van der Waals surface area contributed by atoms with Crippen molar-refractivity contribution in [3.8, 4) is 0 Å². The summed E-state index contributed by atoms with van der Waals surface area (Å²) in [5.74, 6) is 1.55. The second-order valence-corrected chi connectivity index (χ2v) is 6.47. The molecular formula is C18H39IN4O3. The van der Waals surface area contributed by atoms with Gasteiger partial charge in [-0.1, -0.05) is 0 Å². The van der Waals surface area contributed by atoms with Gasteiger partial charge in [-0.3, -0.25) is 4.99 Å². The molecule has 1 heterocycles. The molecule has 1 fully saturated rings. The predicted molar refractivity (Wildman–Crippen MR) is 118 cm³/mol. The molecule has 1 aliphatic rings. The molecule has 1 saturated heterocycles. The van der Waals surface area contributed by atoms with Crippen LogP contribution in [0.25, 0.3) is 0 Å². The molecule has 1 aliphatic heterocycles. The summed E-state index contributed by atoms with van der Waals surface area (Å²) in [6.07, 6.45) is 3.21. The van der Waals surface area contributed by atoms with Gasteiger partial charge in [0.2, 0.25) is 0 Å². The highest BCUT2D eigenvalue weighted by Gasteiger charge is 2.13. The number of hydrogen-bond donors (Lipinski definition) is 2. The first-order chi connectivity index (χ1) is 12.3. The summed E-state index contributed by atoms with van der Waals surface area (Å²) in [7, 11) is 3.83. The van der Waals surface area contributed by atoms with Crippen molar-refractivity contribution in [3.05, 3.63) is 0 Å². The van der Waals surface area contributed by atoms with Crippen LogP contribution < -0.4 is 10.6 Å². The van der Waals surface area contributed by atoms with E-state index < -0.39 is 0 Å². The molecule has 0 radical (unpaired) electrons. The van der Waals surface area contributed by atoms with Crippen molar-refractivity contribution in [1.82, 2.24) is 15.5 Å². The molecule has 2 N–H and O–H groups in total. The summed E-state index contributed by atoms with van der Waals surface area (Å²) in [6, 6.07) is 0. The molecule has 1 rings (SSSR count). The first kappa shape index (κ1) is 25.8. The molecule has 0 aromatic heterocycles. The molecule has 156 valence electrons. The number of guanidine groups is 1. The number of halogens is 1. The summed E-state index contributed by atoms with van der Waals surface area (Å²) in [6.45, 7) is 10.7. The van der Waals surface area contributed by atoms with E-state index in [1.54, 1.807) is 7.11 Å². The van der Waals surface area contributed by atoms with E-state index in [4.69, 9.17) is 14.2 Å². The van der Waals surface area contributed by atoms with Crippen molar-refractivity contribution in [1.29, 1.82) is 0 Å². The number of methoxy groups -OCH3 is 1. The molecule has 0 amide bonds. The standard InChI is InChI=1S/C18H38N4O3.HI/c1-4-19-18(21-9-10-22(2)11-15-23-3)20-8-5-12-25-16-17-6-13-24-14-7-17;/h17H,4-16H2,1-3H3,(H2,19,20,21);1H. The summed E-state index contributed by atoms with van der Waals surface area (Å²) in [5.41, 5.74) is 0. The molecular weight excluding hydrogens is 447 g/mol. The van der Waals surface area contributed by atoms with Gasteiger partial charge < -0.3 is 29.7 Å². The van der Waals surface area contributed by atoms with Crippen LogP contribution in [0, 0.1) is 5.92 Å². The third kappa shape index (κ3) is 14.0. The van der Waals surface area contributed by atoms with Crippen LogP contribution in [0.3, 0.4) is 0 Å². The van der Waals surface area contributed by atoms with E-state index in [0.29, 0.717) is 5.92 Å². The molecule has 0 spiro atoms. The van der Waals surface area contributed by atoms with E-state index in [9.17, 15) is 0 Å². The number of aliphatic imine (C=N–C) groups is 1. The Morgan fingerprint density at radius 1 is 1.19 bits per heavy atom. The molecule has 8 heteroatoms. The zero-order valence-corrected chi connectivity index (χ0v) is 19.1. The zero-order chi connectivity index (χ0) is 18.2. The fourth-order valence-corrected chi connectivity index (χ4v) is 2.59. The Morgan fingerprint density at radius 2 is 1.96 bits per heavy atom. The van der Waals surface area contributed by atoms with Gasteiger partial charge in [0.05, 0.1) is 6.61 Å². The van der Waals surface area contributed by atoms with Crippen molar-refractivity contribution in [2.45, 2.75) is 26.2 Å². The van der Waals surface area contributed by atoms with Gasteiger partial charge in [0, 0.05) is 66.3 Å². The lowest BCUT2D eigenvalue weighted by atomic mass is 10.0. The number of nitrogens with one attached hydrogen (secondary N) is 2. The molecule has 7 nitrogen and oxygen atoms in total. The minimum absolute atomic E-state index is 0. The lowest BCUT2D eigenvalue weighted by Crippen LogP contribution is -2.41. The molecule has 0 aliphatic carbocycles. The first-order valence-electron chi connectivity index (χ1n) is 9.61. The van der Waals surface area contributed by atoms with Gasteiger partial charge in [-0.05, 0) is 39.2 Å². The smallest absolute Gasteiger partial charge is 0.191 e. The number of nitrogens with zero attached hydrogens (tertiary/aromatic N) is 2. The molecule has 0 bridgehead atoms. The van der Waals surface area contributed by atoms with Crippen LogP contribution in [0.4, 0.5) is 0 Å². The Labute approximate surface area is 176 Å². The molecule has 0 aromatic rings. The molecule has 0 unspecified atom stereocenters. The summed E-state index contributed by atoms with van der Waals surface area (Å²) >= 11 is 0. The SMILES string of the molecule is CCNC(=NCCCOCC1CCOCC1)NCCN(C)CCOC.I. The molecule has 26 heavy (non-hydrogen) atoms. The Hall–Kier alpha value is -0.160. The highest BCUT2D eigenvalue weighted by atomic mass is 127. The van der Waals surface area contributed by atoms with Crippen molar-refractivity contribution < 1.29 is 14.2 Å². The maximum absolute atomic E-state index is 5.78. The summed E-state index contributed by atoms with van der Waals surface area (Å²) in [4.78, 5) is 6.85. The highest BCUT2D eigenvalue weighted by molar-refractivity contribution is 14.0. The largest absolute Gasteiger partial charge is 0.383 e. The minimum Gasteiger partial charge on any atom is -0.383 e. The van der Waals surface area contributed by atoms with Gasteiger partial charge in [-0.2, -0.15) is 0 Å². The minimum atomic E-state index is 0. The van der Waals surface area contributed by atoms with Crippen molar-refractivity contribution in [2.24, 2.45) is 10.9 Å². The van der Waals surface area contributed by atoms with Crippen LogP contribution in [-0.4, -0.2) is 90.8 Å². The van der Waals surface area contributed by atoms with Crippen molar-refractivity contribution in [3.63, 3.8) is 0 Å². The quantitative estimate of drug-likeness (QED) is 0.178. The normalized spacial score (nSPS) is 15.8. The van der Waals surface area contributed by atoms with Crippen molar-refractivity contribution >= 4 is 29.9 Å². The Kier molecular flexibility index (Phi) is 18.1. The number of likely N-dealkylation sites (N-methyl/N-ethyl adjacent to an activating group) is 1. The van der Waals surface area contributed by atoms with E-state index in [1.807, 2.05) is 0 Å². The van der Waals surface area contributed by atoms with E-state index in [-0.39, 0.29) is 24.0 Å². The van der Waals surface area contributed by atoms with Gasteiger partial charge in [0.1, 0.15) is 0 Å². The fraction of sp³-hybridized carbons (Fsp3) is 0.944. The second kappa shape index (κ2) is 18.2. The van der Waals surface area contributed by atoms with Crippen LogP contribution in [0.5, 0.6) is 0 Å². The van der Waals surface area contributed by atoms with Crippen LogP contribution in [-0.2, 0) is 14.2 Å². The first-order valence-corrected chi connectivity index (χ1v) is 9.61. The topological polar surface area (TPSA) is 67.4 Å². The van der Waals surface area contributed by atoms with Gasteiger partial charge in [-0.15, -0.1) is 24.0 Å². The van der Waals surface area contributed by atoms with E-state index in [0.717, 1.165) is 91.0 Å². The molecule has 0 aromatic carbocycles. The van der Waals surface area contributed by atoms with E-state index >= 15 is 0 Å². The lowest BCUT2D eigenvalue weighted by Gasteiger charge is -2.21. The van der Waals surface area contributed by atoms with Gasteiger partial charge >= 0.3 is 0 Å². The average Bonchev–Trinajstić information content (AvgIpc) is 2.63.